The van der Waals surface area contributed by atoms with Crippen LogP contribution in [-0.4, -0.2) is 93.7 Å². The number of fused-ring (bicyclic) bond motifs is 1. The number of nitrogens with zero attached hydrogens (tertiary/aromatic N) is 2. The molecule has 0 bridgehead atoms. The summed E-state index contributed by atoms with van der Waals surface area (Å²) in [4.78, 5) is 59.5. The molecule has 2 heterocycles. The van der Waals surface area contributed by atoms with Crippen LogP contribution in [0.2, 0.25) is 5.02 Å². The maximum atomic E-state index is 14.6. The first-order valence-corrected chi connectivity index (χ1v) is 19.8. The first kappa shape index (κ1) is 37.8. The molecule has 52 heavy (non-hydrogen) atoms. The van der Waals surface area contributed by atoms with Crippen LogP contribution < -0.4 is 24.8 Å². The summed E-state index contributed by atoms with van der Waals surface area (Å²) in [6.07, 6.45) is 1.96. The SMILES string of the molecule is COc1cnc(O[C@@H]2C[C@@H](C(=O)N[C@]3(C(=O)NS(=O)(=O)C4CC4)C[C@H]3I)N(C(=O)[C@@H](Nc3ccc(C(=O)O)cc3)C(C)(C)C)C2)c2cc(Cl)ccc12. The van der Waals surface area contributed by atoms with Crippen molar-refractivity contribution in [3.63, 3.8) is 0 Å². The van der Waals surface area contributed by atoms with Crippen molar-refractivity contribution in [2.45, 2.75) is 79.4 Å². The Morgan fingerprint density at radius 1 is 1.10 bits per heavy atom. The van der Waals surface area contributed by atoms with E-state index in [1.165, 1.54) is 30.3 Å². The van der Waals surface area contributed by atoms with Gasteiger partial charge in [-0.25, -0.2) is 18.2 Å². The molecule has 3 aliphatic rings. The van der Waals surface area contributed by atoms with E-state index in [2.05, 4.69) is 20.3 Å². The molecule has 0 unspecified atom stereocenters. The Bertz CT molecular complexity index is 2040. The monoisotopic (exact) mass is 867 g/mol. The number of pyridine rings is 1. The summed E-state index contributed by atoms with van der Waals surface area (Å²) in [6, 6.07) is 9.14. The molecule has 2 aromatic carbocycles. The minimum Gasteiger partial charge on any atom is -0.494 e. The number of aromatic carboxylic acids is 1. The Labute approximate surface area is 319 Å². The summed E-state index contributed by atoms with van der Waals surface area (Å²) in [5, 5.41) is 16.4. The minimum atomic E-state index is -3.87. The molecule has 1 saturated heterocycles. The molecule has 0 radical (unpaired) electrons. The number of nitrogens with one attached hydrogen (secondary N) is 3. The first-order valence-electron chi connectivity index (χ1n) is 16.6. The highest BCUT2D eigenvalue weighted by Crippen LogP contribution is 2.44. The normalized spacial score (nSPS) is 23.4. The Morgan fingerprint density at radius 3 is 2.35 bits per heavy atom. The number of anilines is 1. The summed E-state index contributed by atoms with van der Waals surface area (Å²) >= 11 is 8.34. The van der Waals surface area contributed by atoms with E-state index < -0.39 is 68.1 Å². The van der Waals surface area contributed by atoms with Crippen molar-refractivity contribution in [1.29, 1.82) is 0 Å². The minimum absolute atomic E-state index is 0.0260. The lowest BCUT2D eigenvalue weighted by Crippen LogP contribution is -2.58. The van der Waals surface area contributed by atoms with Crippen LogP contribution in [0.5, 0.6) is 11.6 Å². The molecule has 17 heteroatoms. The van der Waals surface area contributed by atoms with Gasteiger partial charge in [0, 0.05) is 31.8 Å². The van der Waals surface area contributed by atoms with Crippen molar-refractivity contribution in [1.82, 2.24) is 19.9 Å². The van der Waals surface area contributed by atoms with Crippen LogP contribution in [0, 0.1) is 5.41 Å². The number of benzene rings is 2. The van der Waals surface area contributed by atoms with Crippen LogP contribution >= 0.6 is 34.2 Å². The zero-order chi connectivity index (χ0) is 37.7. The number of rotatable bonds is 12. The van der Waals surface area contributed by atoms with Gasteiger partial charge in [-0.2, -0.15) is 0 Å². The lowest BCUT2D eigenvalue weighted by Gasteiger charge is -2.36. The number of sulfonamides is 1. The van der Waals surface area contributed by atoms with Crippen LogP contribution in [0.25, 0.3) is 10.8 Å². The molecule has 1 aromatic heterocycles. The zero-order valence-corrected chi connectivity index (χ0v) is 32.5. The van der Waals surface area contributed by atoms with Gasteiger partial charge in [0.05, 0.1) is 30.7 Å². The van der Waals surface area contributed by atoms with Gasteiger partial charge in [-0.3, -0.25) is 19.1 Å². The van der Waals surface area contributed by atoms with Gasteiger partial charge in [-0.1, -0.05) is 55.0 Å². The molecule has 4 N–H and O–H groups in total. The molecule has 14 nitrogen and oxygen atoms in total. The van der Waals surface area contributed by atoms with Crippen molar-refractivity contribution in [2.24, 2.45) is 5.41 Å². The van der Waals surface area contributed by atoms with Crippen molar-refractivity contribution >= 4 is 84.4 Å². The zero-order valence-electron chi connectivity index (χ0n) is 28.8. The standard InChI is InChI=1S/C35H39ClIN5O9S/c1-34(2,3)28(39-20-8-5-18(6-9-20)32(45)46)31(44)42-17-21(51-30-24-13-19(36)7-12-23(24)26(50-4)16-38-30)14-25(42)29(43)40-35(15-27(35)37)33(47)41-52(48,49)22-10-11-22/h5-9,12-13,16,21-22,25,27-28,39H,10-11,14-15,17H2,1-4H3,(H,40,43)(H,41,47)(H,45,46)/t21-,25+,27-,28-,35-/m1/s1. The smallest absolute Gasteiger partial charge is 0.335 e. The molecule has 1 aliphatic heterocycles. The Morgan fingerprint density at radius 2 is 1.77 bits per heavy atom. The third kappa shape index (κ3) is 7.74. The van der Waals surface area contributed by atoms with Gasteiger partial charge in [0.1, 0.15) is 29.5 Å². The maximum absolute atomic E-state index is 14.6. The highest BCUT2D eigenvalue weighted by Gasteiger charge is 2.62. The fraction of sp³-hybridized carbons (Fsp3) is 0.457. The number of carboxylic acid groups (broad SMARTS) is 1. The van der Waals surface area contributed by atoms with Gasteiger partial charge in [0.15, 0.2) is 0 Å². The van der Waals surface area contributed by atoms with Crippen molar-refractivity contribution in [2.75, 3.05) is 19.0 Å². The molecule has 3 amide bonds. The van der Waals surface area contributed by atoms with E-state index in [9.17, 15) is 32.7 Å². The topological polar surface area (TPSA) is 193 Å². The predicted molar refractivity (Wildman–Crippen MR) is 201 cm³/mol. The van der Waals surface area contributed by atoms with E-state index in [-0.39, 0.29) is 34.8 Å². The van der Waals surface area contributed by atoms with E-state index in [1.807, 2.05) is 43.4 Å². The average Bonchev–Trinajstić information content (AvgIpc) is 4.00. The van der Waals surface area contributed by atoms with E-state index in [1.54, 1.807) is 30.3 Å². The quantitative estimate of drug-likeness (QED) is 0.151. The summed E-state index contributed by atoms with van der Waals surface area (Å²) in [5.41, 5.74) is -1.59. The Hall–Kier alpha value is -3.90. The van der Waals surface area contributed by atoms with Gasteiger partial charge in [-0.15, -0.1) is 0 Å². The number of likely N-dealkylation sites (tertiary alicyclic amines) is 1. The second kappa shape index (κ2) is 14.2. The van der Waals surface area contributed by atoms with Crippen LogP contribution in [0.1, 0.15) is 56.8 Å². The maximum Gasteiger partial charge on any atom is 0.335 e. The van der Waals surface area contributed by atoms with Crippen LogP contribution in [0.3, 0.4) is 0 Å². The number of hydrogen-bond donors (Lipinski definition) is 4. The number of hydrogen-bond acceptors (Lipinski definition) is 10. The lowest BCUT2D eigenvalue weighted by atomic mass is 9.85. The molecule has 2 aliphatic carbocycles. The van der Waals surface area contributed by atoms with E-state index in [0.717, 1.165) is 0 Å². The fourth-order valence-electron chi connectivity index (χ4n) is 6.27. The van der Waals surface area contributed by atoms with Gasteiger partial charge < -0.3 is 30.1 Å². The molecule has 3 aromatic rings. The number of carboxylic acids is 1. The molecule has 2 saturated carbocycles. The lowest BCUT2D eigenvalue weighted by molar-refractivity contribution is -0.141. The van der Waals surface area contributed by atoms with Gasteiger partial charge in [0.25, 0.3) is 5.91 Å². The Kier molecular flexibility index (Phi) is 10.3. The number of halogens is 2. The second-order valence-corrected chi connectivity index (χ2v) is 18.3. The first-order chi connectivity index (χ1) is 24.4. The summed E-state index contributed by atoms with van der Waals surface area (Å²) in [6.45, 7) is 5.54. The average molecular weight is 868 g/mol. The number of alkyl halides is 1. The Balaban J connectivity index is 1.30. The van der Waals surface area contributed by atoms with Crippen molar-refractivity contribution in [3.8, 4) is 11.6 Å². The summed E-state index contributed by atoms with van der Waals surface area (Å²) in [5.74, 6) is -2.24. The molecule has 3 fully saturated rings. The largest absolute Gasteiger partial charge is 0.494 e. The fourth-order valence-corrected chi connectivity index (χ4v) is 8.94. The van der Waals surface area contributed by atoms with Crippen molar-refractivity contribution < 1.29 is 42.2 Å². The number of ether oxygens (including phenoxy) is 2. The third-order valence-electron chi connectivity index (χ3n) is 9.50. The molecule has 6 rings (SSSR count). The highest BCUT2D eigenvalue weighted by molar-refractivity contribution is 14.1. The number of carbonyl (C=O) groups excluding carboxylic acids is 3. The van der Waals surface area contributed by atoms with Crippen molar-refractivity contribution in [3.05, 3.63) is 59.2 Å². The van der Waals surface area contributed by atoms with Gasteiger partial charge in [0.2, 0.25) is 27.7 Å². The predicted octanol–water partition coefficient (Wildman–Crippen LogP) is 4.14. The number of methoxy groups -OCH3 is 1. The molecule has 278 valence electrons. The van der Waals surface area contributed by atoms with Crippen LogP contribution in [0.4, 0.5) is 5.69 Å². The third-order valence-corrected chi connectivity index (χ3v) is 13.1. The van der Waals surface area contributed by atoms with Crippen LogP contribution in [0.15, 0.2) is 48.7 Å². The number of amides is 3. The van der Waals surface area contributed by atoms with E-state index >= 15 is 0 Å². The van der Waals surface area contributed by atoms with Gasteiger partial charge in [-0.05, 0) is 67.1 Å². The summed E-state index contributed by atoms with van der Waals surface area (Å²) in [7, 11) is -2.35. The number of aromatic nitrogens is 1. The molecule has 0 spiro atoms. The van der Waals surface area contributed by atoms with Crippen LogP contribution in [-0.2, 0) is 24.4 Å². The number of carbonyl (C=O) groups is 4. The van der Waals surface area contributed by atoms with E-state index in [0.29, 0.717) is 40.1 Å². The second-order valence-electron chi connectivity index (χ2n) is 14.4. The highest BCUT2D eigenvalue weighted by atomic mass is 127. The van der Waals surface area contributed by atoms with E-state index in [4.69, 9.17) is 21.1 Å². The molecular weight excluding hydrogens is 829 g/mol. The molecular formula is C35H39ClIN5O9S. The molecule has 5 atom stereocenters. The summed E-state index contributed by atoms with van der Waals surface area (Å²) < 4.78 is 38.9. The van der Waals surface area contributed by atoms with Gasteiger partial charge >= 0.3 is 5.97 Å².